The zero-order valence-corrected chi connectivity index (χ0v) is 19.9. The van der Waals surface area contributed by atoms with E-state index in [2.05, 4.69) is 17.1 Å². The first-order chi connectivity index (χ1) is 16.2. The standard InChI is InChI=1S/C27H29F2N3O2/c1-17-11-18(2)26(19(3)12-17)32-16-21(24-6-5-22(28)14-25(24)29)13-20(27(32)33)15-30-34-23-7-9-31(4)10-8-23/h5-6,11-16,23H,7-10H2,1-4H3/b30-15+. The number of rotatable bonds is 5. The van der Waals surface area contributed by atoms with Crippen LogP contribution in [-0.4, -0.2) is 41.9 Å². The first-order valence-electron chi connectivity index (χ1n) is 11.4. The number of halogens is 2. The highest BCUT2D eigenvalue weighted by atomic mass is 19.1. The monoisotopic (exact) mass is 465 g/mol. The lowest BCUT2D eigenvalue weighted by molar-refractivity contribution is 0.0170. The molecule has 0 atom stereocenters. The van der Waals surface area contributed by atoms with Crippen molar-refractivity contribution in [2.24, 2.45) is 5.16 Å². The van der Waals surface area contributed by atoms with E-state index in [1.807, 2.05) is 32.9 Å². The van der Waals surface area contributed by atoms with E-state index >= 15 is 0 Å². The molecule has 2 aromatic carbocycles. The molecule has 178 valence electrons. The van der Waals surface area contributed by atoms with Crippen LogP contribution in [0.25, 0.3) is 16.8 Å². The van der Waals surface area contributed by atoms with Crippen LogP contribution in [0.4, 0.5) is 8.78 Å². The SMILES string of the molecule is Cc1cc(C)c(-n2cc(-c3ccc(F)cc3F)cc(/C=N/OC3CCN(C)CC3)c2=O)c(C)c1. The second kappa shape index (κ2) is 9.89. The van der Waals surface area contributed by atoms with Gasteiger partial charge in [-0.3, -0.25) is 9.36 Å². The molecule has 4 rings (SSSR count). The molecule has 5 nitrogen and oxygen atoms in total. The van der Waals surface area contributed by atoms with Gasteiger partial charge in [-0.05, 0) is 70.0 Å². The number of aromatic nitrogens is 1. The lowest BCUT2D eigenvalue weighted by atomic mass is 10.0. The zero-order chi connectivity index (χ0) is 24.4. The van der Waals surface area contributed by atoms with E-state index < -0.39 is 11.6 Å². The van der Waals surface area contributed by atoms with Crippen LogP contribution in [0.3, 0.4) is 0 Å². The maximum atomic E-state index is 14.7. The third-order valence-corrected chi connectivity index (χ3v) is 6.23. The fraction of sp³-hybridized carbons (Fsp3) is 0.333. The zero-order valence-electron chi connectivity index (χ0n) is 19.9. The molecule has 1 saturated heterocycles. The fourth-order valence-electron chi connectivity index (χ4n) is 4.55. The Morgan fingerprint density at radius 2 is 1.71 bits per heavy atom. The summed E-state index contributed by atoms with van der Waals surface area (Å²) in [7, 11) is 2.07. The highest BCUT2D eigenvalue weighted by molar-refractivity contribution is 5.82. The van der Waals surface area contributed by atoms with Gasteiger partial charge < -0.3 is 9.74 Å². The van der Waals surface area contributed by atoms with Crippen molar-refractivity contribution in [2.45, 2.75) is 39.7 Å². The molecule has 0 aliphatic carbocycles. The van der Waals surface area contributed by atoms with E-state index in [0.29, 0.717) is 5.56 Å². The van der Waals surface area contributed by atoms with Gasteiger partial charge in [0.15, 0.2) is 0 Å². The van der Waals surface area contributed by atoms with E-state index in [1.165, 1.54) is 22.9 Å². The van der Waals surface area contributed by atoms with Gasteiger partial charge in [0.25, 0.3) is 5.56 Å². The first-order valence-corrected chi connectivity index (χ1v) is 11.4. The van der Waals surface area contributed by atoms with E-state index in [-0.39, 0.29) is 22.8 Å². The minimum Gasteiger partial charge on any atom is -0.392 e. The predicted octanol–water partition coefficient (Wildman–Crippen LogP) is 5.15. The molecular formula is C27H29F2N3O2. The van der Waals surface area contributed by atoms with Crippen molar-refractivity contribution < 1.29 is 13.6 Å². The summed E-state index contributed by atoms with van der Waals surface area (Å²) in [5, 5.41) is 4.11. The lowest BCUT2D eigenvalue weighted by Gasteiger charge is -2.27. The number of hydrogen-bond acceptors (Lipinski definition) is 4. The number of nitrogens with zero attached hydrogens (tertiary/aromatic N) is 3. The maximum absolute atomic E-state index is 14.7. The van der Waals surface area contributed by atoms with Crippen molar-refractivity contribution in [3.05, 3.63) is 86.8 Å². The van der Waals surface area contributed by atoms with Crippen LogP contribution in [0.5, 0.6) is 0 Å². The average Bonchev–Trinajstić information content (AvgIpc) is 2.76. The summed E-state index contributed by atoms with van der Waals surface area (Å²) >= 11 is 0. The van der Waals surface area contributed by atoms with Crippen molar-refractivity contribution in [3.8, 4) is 16.8 Å². The molecule has 2 heterocycles. The molecule has 0 unspecified atom stereocenters. The quantitative estimate of drug-likeness (QED) is 0.387. The Balaban J connectivity index is 1.80. The minimum atomic E-state index is -0.701. The van der Waals surface area contributed by atoms with Crippen LogP contribution in [0.2, 0.25) is 0 Å². The number of oxime groups is 1. The molecule has 0 saturated carbocycles. The van der Waals surface area contributed by atoms with Gasteiger partial charge >= 0.3 is 0 Å². The van der Waals surface area contributed by atoms with E-state index in [1.54, 1.807) is 12.3 Å². The molecule has 0 radical (unpaired) electrons. The molecule has 1 aliphatic heterocycles. The highest BCUT2D eigenvalue weighted by Crippen LogP contribution is 2.26. The molecule has 0 spiro atoms. The van der Waals surface area contributed by atoms with Gasteiger partial charge in [0, 0.05) is 36.5 Å². The average molecular weight is 466 g/mol. The molecule has 3 aromatic rings. The van der Waals surface area contributed by atoms with E-state index in [4.69, 9.17) is 4.84 Å². The van der Waals surface area contributed by atoms with Gasteiger partial charge in [-0.25, -0.2) is 8.78 Å². The topological polar surface area (TPSA) is 46.8 Å². The van der Waals surface area contributed by atoms with Gasteiger partial charge in [-0.2, -0.15) is 0 Å². The van der Waals surface area contributed by atoms with Crippen LogP contribution in [0, 0.1) is 32.4 Å². The largest absolute Gasteiger partial charge is 0.392 e. The molecule has 7 heteroatoms. The lowest BCUT2D eigenvalue weighted by Crippen LogP contribution is -2.33. The Morgan fingerprint density at radius 1 is 1.03 bits per heavy atom. The second-order valence-electron chi connectivity index (χ2n) is 9.07. The van der Waals surface area contributed by atoms with Crippen molar-refractivity contribution >= 4 is 6.21 Å². The molecule has 0 amide bonds. The molecule has 34 heavy (non-hydrogen) atoms. The Kier molecular flexibility index (Phi) is 6.93. The van der Waals surface area contributed by atoms with Gasteiger partial charge in [0.2, 0.25) is 0 Å². The summed E-state index contributed by atoms with van der Waals surface area (Å²) in [4.78, 5) is 21.3. The van der Waals surface area contributed by atoms with Crippen LogP contribution < -0.4 is 5.56 Å². The molecule has 1 aromatic heterocycles. The van der Waals surface area contributed by atoms with Gasteiger partial charge in [0.1, 0.15) is 17.7 Å². The molecule has 0 bridgehead atoms. The summed E-state index contributed by atoms with van der Waals surface area (Å²) in [5.41, 5.74) is 4.25. The highest BCUT2D eigenvalue weighted by Gasteiger charge is 2.18. The minimum absolute atomic E-state index is 0.00557. The van der Waals surface area contributed by atoms with Crippen molar-refractivity contribution in [2.75, 3.05) is 20.1 Å². The smallest absolute Gasteiger partial charge is 0.264 e. The second-order valence-corrected chi connectivity index (χ2v) is 9.07. The Bertz CT molecular complexity index is 1270. The van der Waals surface area contributed by atoms with Crippen molar-refractivity contribution in [3.63, 3.8) is 0 Å². The molecule has 0 N–H and O–H groups in total. The third-order valence-electron chi connectivity index (χ3n) is 6.23. The van der Waals surface area contributed by atoms with E-state index in [9.17, 15) is 13.6 Å². The number of hydrogen-bond donors (Lipinski definition) is 0. The normalized spacial score (nSPS) is 15.2. The number of aryl methyl sites for hydroxylation is 3. The predicted molar refractivity (Wildman–Crippen MR) is 131 cm³/mol. The maximum Gasteiger partial charge on any atom is 0.264 e. The summed E-state index contributed by atoms with van der Waals surface area (Å²) in [5.74, 6) is -1.36. The van der Waals surface area contributed by atoms with Crippen LogP contribution in [0.15, 0.2) is 52.5 Å². The third kappa shape index (κ3) is 5.09. The van der Waals surface area contributed by atoms with Crippen molar-refractivity contribution in [1.82, 2.24) is 9.47 Å². The Hall–Kier alpha value is -3.32. The fourth-order valence-corrected chi connectivity index (χ4v) is 4.55. The van der Waals surface area contributed by atoms with Crippen LogP contribution >= 0.6 is 0 Å². The summed E-state index contributed by atoms with van der Waals surface area (Å²) in [6, 6.07) is 8.97. The number of benzene rings is 2. The number of likely N-dealkylation sites (tertiary alicyclic amines) is 1. The summed E-state index contributed by atoms with van der Waals surface area (Å²) in [6.07, 6.45) is 4.70. The van der Waals surface area contributed by atoms with Gasteiger partial charge in [-0.1, -0.05) is 22.9 Å². The number of pyridine rings is 1. The molecule has 1 aliphatic rings. The summed E-state index contributed by atoms with van der Waals surface area (Å²) < 4.78 is 29.7. The Labute approximate surface area is 198 Å². The molecule has 1 fully saturated rings. The van der Waals surface area contributed by atoms with Crippen LogP contribution in [0.1, 0.15) is 35.1 Å². The first kappa shape index (κ1) is 23.8. The van der Waals surface area contributed by atoms with Gasteiger partial charge in [-0.15, -0.1) is 0 Å². The van der Waals surface area contributed by atoms with Crippen molar-refractivity contribution in [1.29, 1.82) is 0 Å². The number of piperidine rings is 1. The van der Waals surface area contributed by atoms with Gasteiger partial charge in [0.05, 0.1) is 17.5 Å². The Morgan fingerprint density at radius 3 is 2.35 bits per heavy atom. The summed E-state index contributed by atoms with van der Waals surface area (Å²) in [6.45, 7) is 7.72. The van der Waals surface area contributed by atoms with E-state index in [0.717, 1.165) is 54.4 Å². The molecular weight excluding hydrogens is 436 g/mol. The van der Waals surface area contributed by atoms with Crippen LogP contribution in [-0.2, 0) is 4.84 Å².